The third-order valence-corrected chi connectivity index (χ3v) is 11.3. The topological polar surface area (TPSA) is 132 Å². The number of amides is 2. The zero-order valence-electron chi connectivity index (χ0n) is 30.5. The molecule has 4 aliphatic heterocycles. The number of para-hydroxylation sites is 1. The van der Waals surface area contributed by atoms with E-state index in [4.69, 9.17) is 19.9 Å². The normalized spacial score (nSPS) is 19.0. The largest absolute Gasteiger partial charge is 0.454 e. The second-order valence-electron chi connectivity index (χ2n) is 14.7. The van der Waals surface area contributed by atoms with Gasteiger partial charge < -0.3 is 29.4 Å². The Hall–Kier alpha value is -5.82. The minimum absolute atomic E-state index is 0.0435. The Labute approximate surface area is 319 Å². The molecule has 12 nitrogen and oxygen atoms in total. The van der Waals surface area contributed by atoms with Gasteiger partial charge in [0, 0.05) is 67.5 Å². The van der Waals surface area contributed by atoms with Crippen LogP contribution in [0.15, 0.2) is 102 Å². The van der Waals surface area contributed by atoms with E-state index in [-0.39, 0.29) is 24.3 Å². The summed E-state index contributed by atoms with van der Waals surface area (Å²) in [5.41, 5.74) is 13.4. The summed E-state index contributed by atoms with van der Waals surface area (Å²) in [4.78, 5) is 47.2. The summed E-state index contributed by atoms with van der Waals surface area (Å²) in [5.74, 6) is 0.595. The first-order valence-electron chi connectivity index (χ1n) is 18.9. The number of fused-ring (bicyclic) bond motifs is 3. The third-order valence-electron chi connectivity index (χ3n) is 11.3. The summed E-state index contributed by atoms with van der Waals surface area (Å²) < 4.78 is 19.6. The van der Waals surface area contributed by atoms with Crippen LogP contribution in [0.25, 0.3) is 11.3 Å². The highest BCUT2D eigenvalue weighted by atomic mass is 16.7. The SMILES string of the molecule is N[C@@]1(CN2CCOCC2)Cc2ccccc2CN1C(=O)c1cc2c(cc1-c1cc(C(=O)N(c3ccccc3)c3ccc(N=O)cc3)c3n1CCCC3)OCO2. The van der Waals surface area contributed by atoms with Gasteiger partial charge in [0.1, 0.15) is 11.4 Å². The Balaban J connectivity index is 1.16. The van der Waals surface area contributed by atoms with Crippen LogP contribution in [0.2, 0.25) is 0 Å². The Morgan fingerprint density at radius 1 is 0.800 bits per heavy atom. The van der Waals surface area contributed by atoms with E-state index in [1.54, 1.807) is 35.2 Å². The van der Waals surface area contributed by atoms with Crippen molar-refractivity contribution in [1.82, 2.24) is 14.4 Å². The van der Waals surface area contributed by atoms with Gasteiger partial charge >= 0.3 is 0 Å². The molecular formula is C43H42N6O6. The summed E-state index contributed by atoms with van der Waals surface area (Å²) in [6, 6.07) is 29.9. The molecule has 0 unspecified atom stereocenters. The first-order chi connectivity index (χ1) is 26.9. The smallest absolute Gasteiger partial charge is 0.264 e. The summed E-state index contributed by atoms with van der Waals surface area (Å²) in [6.07, 6.45) is 3.05. The number of hydrogen-bond acceptors (Lipinski definition) is 9. The van der Waals surface area contributed by atoms with Crippen LogP contribution in [-0.2, 0) is 30.7 Å². The molecule has 0 saturated carbocycles. The van der Waals surface area contributed by atoms with Crippen molar-refractivity contribution in [2.45, 2.75) is 44.4 Å². The summed E-state index contributed by atoms with van der Waals surface area (Å²) in [7, 11) is 0. The fraction of sp³-hybridized carbons (Fsp3) is 0.302. The fourth-order valence-corrected chi connectivity index (χ4v) is 8.50. The highest BCUT2D eigenvalue weighted by Gasteiger charge is 2.43. The number of carbonyl (C=O) groups excluding carboxylic acids is 2. The average Bonchev–Trinajstić information content (AvgIpc) is 3.85. The second-order valence-corrected chi connectivity index (χ2v) is 14.7. The van der Waals surface area contributed by atoms with E-state index in [2.05, 4.69) is 26.8 Å². The van der Waals surface area contributed by atoms with Crippen molar-refractivity contribution >= 4 is 28.9 Å². The van der Waals surface area contributed by atoms with Crippen molar-refractivity contribution in [3.8, 4) is 22.8 Å². The number of nitrogens with two attached hydrogens (primary N) is 1. The van der Waals surface area contributed by atoms with E-state index >= 15 is 4.79 Å². The van der Waals surface area contributed by atoms with Gasteiger partial charge in [0.15, 0.2) is 11.5 Å². The Morgan fingerprint density at radius 3 is 2.27 bits per heavy atom. The van der Waals surface area contributed by atoms with Gasteiger partial charge in [0.05, 0.1) is 24.3 Å². The molecule has 0 aliphatic carbocycles. The van der Waals surface area contributed by atoms with Crippen LogP contribution in [0.4, 0.5) is 17.1 Å². The molecule has 2 amide bonds. The van der Waals surface area contributed by atoms with Gasteiger partial charge in [-0.25, -0.2) is 0 Å². The maximum Gasteiger partial charge on any atom is 0.264 e. The molecule has 5 aromatic rings. The van der Waals surface area contributed by atoms with Crippen LogP contribution < -0.4 is 20.1 Å². The molecule has 0 spiro atoms. The number of ether oxygens (including phenoxy) is 3. The molecule has 12 heteroatoms. The monoisotopic (exact) mass is 738 g/mol. The number of nitrogens with zero attached hydrogens (tertiary/aromatic N) is 5. The molecule has 5 heterocycles. The van der Waals surface area contributed by atoms with E-state index in [1.165, 1.54) is 0 Å². The molecule has 0 radical (unpaired) electrons. The molecule has 4 aromatic carbocycles. The van der Waals surface area contributed by atoms with Gasteiger partial charge in [-0.05, 0) is 90.2 Å². The molecule has 9 rings (SSSR count). The molecule has 2 N–H and O–H groups in total. The fourth-order valence-electron chi connectivity index (χ4n) is 8.50. The van der Waals surface area contributed by atoms with E-state index in [0.717, 1.165) is 48.4 Å². The van der Waals surface area contributed by atoms with Crippen LogP contribution in [0.3, 0.4) is 0 Å². The molecule has 55 heavy (non-hydrogen) atoms. The maximum absolute atomic E-state index is 15.3. The van der Waals surface area contributed by atoms with Crippen molar-refractivity contribution < 1.29 is 23.8 Å². The summed E-state index contributed by atoms with van der Waals surface area (Å²) in [5, 5.41) is 3.05. The highest BCUT2D eigenvalue weighted by Crippen LogP contribution is 2.43. The van der Waals surface area contributed by atoms with E-state index < -0.39 is 5.66 Å². The van der Waals surface area contributed by atoms with Gasteiger partial charge in [-0.15, -0.1) is 4.91 Å². The van der Waals surface area contributed by atoms with Crippen LogP contribution in [0.1, 0.15) is 50.4 Å². The van der Waals surface area contributed by atoms with Crippen LogP contribution in [0, 0.1) is 4.91 Å². The number of carbonyl (C=O) groups is 2. The quantitative estimate of drug-likeness (QED) is 0.172. The van der Waals surface area contributed by atoms with Crippen molar-refractivity contribution in [3.05, 3.63) is 130 Å². The van der Waals surface area contributed by atoms with Crippen LogP contribution >= 0.6 is 0 Å². The van der Waals surface area contributed by atoms with Crippen molar-refractivity contribution in [2.75, 3.05) is 44.5 Å². The molecule has 1 atom stereocenters. The number of morpholine rings is 1. The van der Waals surface area contributed by atoms with Crippen molar-refractivity contribution in [3.63, 3.8) is 0 Å². The first-order valence-corrected chi connectivity index (χ1v) is 18.9. The minimum atomic E-state index is -0.999. The number of anilines is 2. The second kappa shape index (κ2) is 14.4. The standard InChI is InChI=1S/C43H42N6O6/c44-43(27-46-18-20-53-21-19-46)25-29-8-4-5-9-30(29)26-48(43)41(50)35-24-40-39(54-28-55-40)23-34(35)38-22-36(37-12-6-7-17-47(37)38)42(51)49(32-10-2-1-3-11-32)33-15-13-31(45-52)14-16-33/h1-5,8-11,13-16,22-24H,6-7,12,17-21,25-28,44H2/t43-/m0/s1. The minimum Gasteiger partial charge on any atom is -0.454 e. The number of nitroso groups, excluding NO2 is 1. The lowest BCUT2D eigenvalue weighted by Gasteiger charge is -2.48. The zero-order chi connectivity index (χ0) is 37.5. The van der Waals surface area contributed by atoms with Crippen LogP contribution in [-0.4, -0.2) is 71.5 Å². The molecule has 0 bridgehead atoms. The number of hydrogen-bond donors (Lipinski definition) is 1. The van der Waals surface area contributed by atoms with E-state index in [1.807, 2.05) is 59.5 Å². The molecule has 280 valence electrons. The molecule has 1 fully saturated rings. The van der Waals surface area contributed by atoms with Gasteiger partial charge in [0.2, 0.25) is 6.79 Å². The lowest BCUT2D eigenvalue weighted by atomic mass is 9.87. The first kappa shape index (κ1) is 34.9. The van der Waals surface area contributed by atoms with Gasteiger partial charge in [0.25, 0.3) is 11.8 Å². The Morgan fingerprint density at radius 2 is 1.51 bits per heavy atom. The highest BCUT2D eigenvalue weighted by molar-refractivity contribution is 6.13. The number of rotatable bonds is 8. The lowest BCUT2D eigenvalue weighted by Crippen LogP contribution is -2.67. The van der Waals surface area contributed by atoms with E-state index in [0.29, 0.717) is 85.3 Å². The van der Waals surface area contributed by atoms with E-state index in [9.17, 15) is 9.70 Å². The predicted molar refractivity (Wildman–Crippen MR) is 208 cm³/mol. The van der Waals surface area contributed by atoms with Crippen LogP contribution in [0.5, 0.6) is 11.5 Å². The number of benzene rings is 4. The molecule has 1 aromatic heterocycles. The molecular weight excluding hydrogens is 697 g/mol. The average molecular weight is 739 g/mol. The summed E-state index contributed by atoms with van der Waals surface area (Å²) >= 11 is 0. The van der Waals surface area contributed by atoms with Gasteiger partial charge in [-0.2, -0.15) is 0 Å². The lowest BCUT2D eigenvalue weighted by molar-refractivity contribution is -0.00742. The molecule has 1 saturated heterocycles. The zero-order valence-corrected chi connectivity index (χ0v) is 30.5. The van der Waals surface area contributed by atoms with Gasteiger partial charge in [-0.1, -0.05) is 42.5 Å². The summed E-state index contributed by atoms with van der Waals surface area (Å²) in [6.45, 7) is 4.29. The third kappa shape index (κ3) is 6.45. The van der Waals surface area contributed by atoms with Crippen molar-refractivity contribution in [1.29, 1.82) is 0 Å². The number of aromatic nitrogens is 1. The van der Waals surface area contributed by atoms with Gasteiger partial charge in [-0.3, -0.25) is 19.4 Å². The molecule has 4 aliphatic rings. The maximum atomic E-state index is 15.3. The van der Waals surface area contributed by atoms with Crippen molar-refractivity contribution in [2.24, 2.45) is 10.9 Å². The predicted octanol–water partition coefficient (Wildman–Crippen LogP) is 6.78. The Bertz CT molecular complexity index is 2270. The Kier molecular flexibility index (Phi) is 9.17.